The number of hydrogen-bond acceptors (Lipinski definition) is 2. The molecule has 0 radical (unpaired) electrons. The predicted molar refractivity (Wildman–Crippen MR) is 92.2 cm³/mol. The molecular weight excluding hydrogens is 347 g/mol. The molecule has 0 spiro atoms. The Morgan fingerprint density at radius 3 is 2.73 bits per heavy atom. The topological polar surface area (TPSA) is 26.3 Å². The van der Waals surface area contributed by atoms with Gasteiger partial charge in [0.05, 0.1) is 0 Å². The molecule has 0 aliphatic carbocycles. The summed E-state index contributed by atoms with van der Waals surface area (Å²) in [7, 11) is 0. The van der Waals surface area contributed by atoms with E-state index in [9.17, 15) is 9.18 Å². The second kappa shape index (κ2) is 10.3. The van der Waals surface area contributed by atoms with Gasteiger partial charge < -0.3 is 4.74 Å². The number of alkyl halides is 1. The maximum Gasteiger partial charge on any atom is 0.165 e. The summed E-state index contributed by atoms with van der Waals surface area (Å²) in [5.74, 6) is -0.104. The third-order valence-corrected chi connectivity index (χ3v) is 3.34. The van der Waals surface area contributed by atoms with Crippen molar-refractivity contribution in [2.45, 2.75) is 33.1 Å². The van der Waals surface area contributed by atoms with Crippen LogP contribution in [0.3, 0.4) is 0 Å². The number of halogens is 2. The summed E-state index contributed by atoms with van der Waals surface area (Å²) >= 11 is 3.26. The third kappa shape index (κ3) is 7.55. The zero-order valence-corrected chi connectivity index (χ0v) is 14.7. The highest BCUT2D eigenvalue weighted by Crippen LogP contribution is 2.19. The lowest BCUT2D eigenvalue weighted by Crippen LogP contribution is -2.03. The van der Waals surface area contributed by atoms with Crippen LogP contribution in [0.15, 0.2) is 42.0 Å². The number of carbonyl (C=O) groups is 1. The third-order valence-electron chi connectivity index (χ3n) is 2.96. The maximum atomic E-state index is 13.9. The number of allylic oxidation sites excluding steroid dienone is 3. The van der Waals surface area contributed by atoms with Gasteiger partial charge in [-0.2, -0.15) is 0 Å². The van der Waals surface area contributed by atoms with Gasteiger partial charge in [-0.15, -0.1) is 0 Å². The van der Waals surface area contributed by atoms with Crippen LogP contribution in [0, 0.1) is 5.82 Å². The van der Waals surface area contributed by atoms with Crippen LogP contribution >= 0.6 is 15.9 Å². The molecular formula is C18H22BrFO2. The van der Waals surface area contributed by atoms with Gasteiger partial charge in [0.25, 0.3) is 0 Å². The minimum atomic E-state index is -0.429. The molecule has 0 fully saturated rings. The molecule has 0 saturated carbocycles. The smallest absolute Gasteiger partial charge is 0.165 e. The van der Waals surface area contributed by atoms with E-state index in [0.29, 0.717) is 18.6 Å². The van der Waals surface area contributed by atoms with Crippen molar-refractivity contribution in [1.29, 1.82) is 0 Å². The van der Waals surface area contributed by atoms with Gasteiger partial charge in [0.2, 0.25) is 0 Å². The SMILES string of the molecule is CC(C)=CCCC(=O)Cc1ccc(OC/C=C/CBr)c(F)c1. The van der Waals surface area contributed by atoms with E-state index in [1.165, 1.54) is 11.6 Å². The molecule has 120 valence electrons. The molecule has 1 aromatic rings. The summed E-state index contributed by atoms with van der Waals surface area (Å²) in [5, 5.41) is 0.743. The first-order valence-electron chi connectivity index (χ1n) is 7.30. The van der Waals surface area contributed by atoms with Crippen LogP contribution in [0.25, 0.3) is 0 Å². The fraction of sp³-hybridized carbons (Fsp3) is 0.389. The van der Waals surface area contributed by atoms with Crippen LogP contribution in [-0.2, 0) is 11.2 Å². The molecule has 0 atom stereocenters. The average Bonchev–Trinajstić information content (AvgIpc) is 2.45. The van der Waals surface area contributed by atoms with Gasteiger partial charge in [0, 0.05) is 18.2 Å². The summed E-state index contributed by atoms with van der Waals surface area (Å²) in [5.41, 5.74) is 1.89. The summed E-state index contributed by atoms with van der Waals surface area (Å²) in [6.07, 6.45) is 7.23. The van der Waals surface area contributed by atoms with Crippen molar-refractivity contribution in [3.63, 3.8) is 0 Å². The van der Waals surface area contributed by atoms with E-state index in [4.69, 9.17) is 4.74 Å². The Balaban J connectivity index is 2.52. The van der Waals surface area contributed by atoms with Crippen LogP contribution in [0.5, 0.6) is 5.75 Å². The Labute approximate surface area is 140 Å². The summed E-state index contributed by atoms with van der Waals surface area (Å²) < 4.78 is 19.2. The molecule has 0 N–H and O–H groups in total. The molecule has 22 heavy (non-hydrogen) atoms. The normalized spacial score (nSPS) is 10.7. The lowest BCUT2D eigenvalue weighted by atomic mass is 10.0. The minimum Gasteiger partial charge on any atom is -0.486 e. The number of Topliss-reactive ketones (excluding diaryl/α,β-unsaturated/α-hetero) is 1. The highest BCUT2D eigenvalue weighted by molar-refractivity contribution is 9.09. The zero-order valence-electron chi connectivity index (χ0n) is 13.1. The first kappa shape index (κ1) is 18.6. The van der Waals surface area contributed by atoms with Crippen LogP contribution < -0.4 is 4.74 Å². The Morgan fingerprint density at radius 2 is 2.09 bits per heavy atom. The average molecular weight is 369 g/mol. The maximum absolute atomic E-state index is 13.9. The van der Waals surface area contributed by atoms with Crippen LogP contribution in [0.2, 0.25) is 0 Å². The van der Waals surface area contributed by atoms with E-state index in [2.05, 4.69) is 15.9 Å². The standard InChI is InChI=1S/C18H22BrFO2/c1-14(2)6-5-7-16(21)12-15-8-9-18(17(20)13-15)22-11-4-3-10-19/h3-4,6,8-9,13H,5,7,10-12H2,1-2H3/b4-3+. The van der Waals surface area contributed by atoms with Crippen molar-refractivity contribution in [3.8, 4) is 5.75 Å². The molecule has 2 nitrogen and oxygen atoms in total. The fourth-order valence-electron chi connectivity index (χ4n) is 1.88. The first-order chi connectivity index (χ1) is 10.5. The van der Waals surface area contributed by atoms with Crippen molar-refractivity contribution in [2.75, 3.05) is 11.9 Å². The van der Waals surface area contributed by atoms with E-state index in [1.54, 1.807) is 12.1 Å². The summed E-state index contributed by atoms with van der Waals surface area (Å²) in [4.78, 5) is 11.8. The molecule has 0 aromatic heterocycles. The zero-order chi connectivity index (χ0) is 16.4. The fourth-order valence-corrected chi connectivity index (χ4v) is 2.14. The van der Waals surface area contributed by atoms with Gasteiger partial charge in [-0.1, -0.05) is 45.8 Å². The van der Waals surface area contributed by atoms with Crippen molar-refractivity contribution in [2.24, 2.45) is 0 Å². The predicted octanol–water partition coefficient (Wildman–Crippen LogP) is 5.01. The number of ether oxygens (including phenoxy) is 1. The Kier molecular flexibility index (Phi) is 8.75. The van der Waals surface area contributed by atoms with Gasteiger partial charge in [-0.05, 0) is 38.0 Å². The van der Waals surface area contributed by atoms with E-state index < -0.39 is 5.82 Å². The van der Waals surface area contributed by atoms with Gasteiger partial charge in [-0.3, -0.25) is 4.79 Å². The van der Waals surface area contributed by atoms with Crippen molar-refractivity contribution in [3.05, 3.63) is 53.4 Å². The second-order valence-electron chi connectivity index (χ2n) is 5.24. The number of hydrogen-bond donors (Lipinski definition) is 0. The number of rotatable bonds is 9. The molecule has 0 bridgehead atoms. The number of benzene rings is 1. The van der Waals surface area contributed by atoms with Crippen molar-refractivity contribution in [1.82, 2.24) is 0 Å². The quantitative estimate of drug-likeness (QED) is 0.452. The molecule has 0 aliphatic rings. The van der Waals surface area contributed by atoms with Crippen molar-refractivity contribution >= 4 is 21.7 Å². The lowest BCUT2D eigenvalue weighted by molar-refractivity contribution is -0.118. The number of ketones is 1. The molecule has 0 aliphatic heterocycles. The molecule has 1 aromatic carbocycles. The molecule has 4 heteroatoms. The molecule has 0 amide bonds. The molecule has 0 unspecified atom stereocenters. The van der Waals surface area contributed by atoms with E-state index in [-0.39, 0.29) is 18.0 Å². The van der Waals surface area contributed by atoms with E-state index >= 15 is 0 Å². The molecule has 1 rings (SSSR count). The van der Waals surface area contributed by atoms with Crippen LogP contribution in [-0.4, -0.2) is 17.7 Å². The second-order valence-corrected chi connectivity index (χ2v) is 5.88. The van der Waals surface area contributed by atoms with Gasteiger partial charge in [-0.25, -0.2) is 4.39 Å². The largest absolute Gasteiger partial charge is 0.486 e. The molecule has 0 saturated heterocycles. The monoisotopic (exact) mass is 368 g/mol. The lowest BCUT2D eigenvalue weighted by Gasteiger charge is -2.07. The Hall–Kier alpha value is -1.42. The molecule has 0 heterocycles. The van der Waals surface area contributed by atoms with Crippen LogP contribution in [0.1, 0.15) is 32.3 Å². The Morgan fingerprint density at radius 1 is 1.32 bits per heavy atom. The van der Waals surface area contributed by atoms with Crippen molar-refractivity contribution < 1.29 is 13.9 Å². The highest BCUT2D eigenvalue weighted by atomic mass is 79.9. The van der Waals surface area contributed by atoms with Crippen LogP contribution in [0.4, 0.5) is 4.39 Å². The minimum absolute atomic E-state index is 0.117. The number of carbonyl (C=O) groups excluding carboxylic acids is 1. The Bertz CT molecular complexity index is 546. The first-order valence-corrected chi connectivity index (χ1v) is 8.42. The van der Waals surface area contributed by atoms with Gasteiger partial charge in [0.1, 0.15) is 12.4 Å². The van der Waals surface area contributed by atoms with Gasteiger partial charge in [0.15, 0.2) is 11.6 Å². The van der Waals surface area contributed by atoms with E-state index in [1.807, 2.05) is 32.1 Å². The van der Waals surface area contributed by atoms with Gasteiger partial charge >= 0.3 is 0 Å². The highest BCUT2D eigenvalue weighted by Gasteiger charge is 2.08. The summed E-state index contributed by atoms with van der Waals surface area (Å²) in [6.45, 7) is 4.33. The summed E-state index contributed by atoms with van der Waals surface area (Å²) in [6, 6.07) is 4.70. The van der Waals surface area contributed by atoms with E-state index in [0.717, 1.165) is 11.8 Å².